The van der Waals surface area contributed by atoms with Gasteiger partial charge in [0.1, 0.15) is 5.82 Å². The molecule has 0 N–H and O–H groups in total. The Morgan fingerprint density at radius 3 is 2.87 bits per heavy atom. The van der Waals surface area contributed by atoms with Crippen LogP contribution in [-0.2, 0) is 0 Å². The van der Waals surface area contributed by atoms with Crippen molar-refractivity contribution in [3.8, 4) is 11.4 Å². The van der Waals surface area contributed by atoms with E-state index in [1.807, 2.05) is 0 Å². The van der Waals surface area contributed by atoms with E-state index in [1.165, 1.54) is 6.07 Å². The van der Waals surface area contributed by atoms with Gasteiger partial charge in [0.15, 0.2) is 0 Å². The van der Waals surface area contributed by atoms with E-state index in [2.05, 4.69) is 14.7 Å². The van der Waals surface area contributed by atoms with E-state index in [1.54, 1.807) is 19.1 Å². The summed E-state index contributed by atoms with van der Waals surface area (Å²) in [6.07, 6.45) is 0.445. The Labute approximate surface area is 84.7 Å². The smallest absolute Gasteiger partial charge is 0.291 e. The van der Waals surface area contributed by atoms with Crippen molar-refractivity contribution < 1.29 is 13.7 Å². The molecule has 1 aromatic heterocycles. The van der Waals surface area contributed by atoms with Crippen molar-refractivity contribution in [1.82, 2.24) is 10.1 Å². The van der Waals surface area contributed by atoms with Gasteiger partial charge in [-0.25, -0.2) is 4.39 Å². The van der Waals surface area contributed by atoms with Gasteiger partial charge in [0.05, 0.1) is 0 Å². The van der Waals surface area contributed by atoms with Crippen LogP contribution in [0.1, 0.15) is 16.2 Å². The molecule has 0 aliphatic rings. The summed E-state index contributed by atoms with van der Waals surface area (Å²) in [6.45, 7) is 1.66. The largest absolute Gasteiger partial charge is 0.331 e. The third kappa shape index (κ3) is 1.76. The van der Waals surface area contributed by atoms with Crippen LogP contribution in [0, 0.1) is 12.7 Å². The number of hydrogen-bond acceptors (Lipinski definition) is 4. The van der Waals surface area contributed by atoms with Crippen molar-refractivity contribution in [3.63, 3.8) is 0 Å². The first-order valence-electron chi connectivity index (χ1n) is 4.26. The van der Waals surface area contributed by atoms with Crippen molar-refractivity contribution in [2.75, 3.05) is 0 Å². The molecule has 0 bridgehead atoms. The first-order chi connectivity index (χ1) is 7.20. The molecule has 76 valence electrons. The van der Waals surface area contributed by atoms with Crippen molar-refractivity contribution in [2.45, 2.75) is 6.92 Å². The van der Waals surface area contributed by atoms with Crippen LogP contribution < -0.4 is 0 Å². The summed E-state index contributed by atoms with van der Waals surface area (Å²) in [5, 5.41) is 3.54. The maximum absolute atomic E-state index is 13.2. The van der Waals surface area contributed by atoms with Gasteiger partial charge in [-0.2, -0.15) is 4.98 Å². The minimum Gasteiger partial charge on any atom is -0.331 e. The van der Waals surface area contributed by atoms with Crippen molar-refractivity contribution in [2.24, 2.45) is 0 Å². The first-order valence-corrected chi connectivity index (χ1v) is 4.26. The van der Waals surface area contributed by atoms with Gasteiger partial charge in [0, 0.05) is 5.56 Å². The number of benzene rings is 1. The summed E-state index contributed by atoms with van der Waals surface area (Å²) in [7, 11) is 0. The van der Waals surface area contributed by atoms with Gasteiger partial charge < -0.3 is 4.52 Å². The lowest BCUT2D eigenvalue weighted by molar-refractivity contribution is 0.108. The van der Waals surface area contributed by atoms with Gasteiger partial charge in [-0.3, -0.25) is 4.79 Å². The lowest BCUT2D eigenvalue weighted by atomic mass is 10.1. The molecule has 5 heteroatoms. The topological polar surface area (TPSA) is 56.0 Å². The maximum Gasteiger partial charge on any atom is 0.291 e. The Hall–Kier alpha value is -2.04. The fourth-order valence-corrected chi connectivity index (χ4v) is 1.13. The predicted octanol–water partition coefficient (Wildman–Crippen LogP) is 2.00. The molecule has 1 aromatic carbocycles. The minimum absolute atomic E-state index is 0.119. The lowest BCUT2D eigenvalue weighted by Gasteiger charge is -1.97. The molecule has 0 fully saturated rings. The third-order valence-electron chi connectivity index (χ3n) is 1.97. The lowest BCUT2D eigenvalue weighted by Crippen LogP contribution is -1.86. The minimum atomic E-state index is -0.343. The zero-order chi connectivity index (χ0) is 10.8. The highest BCUT2D eigenvalue weighted by atomic mass is 19.1. The molecule has 0 spiro atoms. The Bertz CT molecular complexity index is 508. The normalized spacial score (nSPS) is 10.3. The van der Waals surface area contributed by atoms with E-state index in [0.29, 0.717) is 17.4 Å². The van der Waals surface area contributed by atoms with Crippen LogP contribution >= 0.6 is 0 Å². The summed E-state index contributed by atoms with van der Waals surface area (Å²) < 4.78 is 17.8. The molecule has 2 rings (SSSR count). The molecule has 1 heterocycles. The van der Waals surface area contributed by atoms with Crippen molar-refractivity contribution in [1.29, 1.82) is 0 Å². The zero-order valence-corrected chi connectivity index (χ0v) is 7.90. The van der Waals surface area contributed by atoms with E-state index in [-0.39, 0.29) is 17.5 Å². The molecular weight excluding hydrogens is 199 g/mol. The molecule has 0 amide bonds. The second kappa shape index (κ2) is 3.61. The number of aldehydes is 1. The number of nitrogens with zero attached hydrogens (tertiary/aromatic N) is 2. The van der Waals surface area contributed by atoms with Gasteiger partial charge in [-0.1, -0.05) is 17.3 Å². The molecule has 2 aromatic rings. The Morgan fingerprint density at radius 2 is 2.27 bits per heavy atom. The van der Waals surface area contributed by atoms with Gasteiger partial charge >= 0.3 is 0 Å². The zero-order valence-electron chi connectivity index (χ0n) is 7.90. The number of halogens is 1. The van der Waals surface area contributed by atoms with Crippen LogP contribution in [0.25, 0.3) is 11.4 Å². The number of carbonyl (C=O) groups excluding carboxylic acids is 1. The predicted molar refractivity (Wildman–Crippen MR) is 49.8 cm³/mol. The van der Waals surface area contributed by atoms with Crippen LogP contribution in [0.4, 0.5) is 4.39 Å². The van der Waals surface area contributed by atoms with E-state index >= 15 is 0 Å². The van der Waals surface area contributed by atoms with E-state index < -0.39 is 0 Å². The highest BCUT2D eigenvalue weighted by Crippen LogP contribution is 2.18. The van der Waals surface area contributed by atoms with Gasteiger partial charge in [0.25, 0.3) is 5.89 Å². The second-order valence-corrected chi connectivity index (χ2v) is 3.04. The quantitative estimate of drug-likeness (QED) is 0.705. The Morgan fingerprint density at radius 1 is 1.47 bits per heavy atom. The third-order valence-corrected chi connectivity index (χ3v) is 1.97. The molecule has 0 saturated carbocycles. The van der Waals surface area contributed by atoms with E-state index in [4.69, 9.17) is 0 Å². The highest BCUT2D eigenvalue weighted by molar-refractivity contribution is 5.68. The Kier molecular flexibility index (Phi) is 2.29. The summed E-state index contributed by atoms with van der Waals surface area (Å²) in [4.78, 5) is 14.1. The average molecular weight is 206 g/mol. The van der Waals surface area contributed by atoms with Crippen LogP contribution in [0.3, 0.4) is 0 Å². The highest BCUT2D eigenvalue weighted by Gasteiger charge is 2.09. The molecule has 0 radical (unpaired) electrons. The summed E-state index contributed by atoms with van der Waals surface area (Å²) in [5.74, 6) is -0.257. The van der Waals surface area contributed by atoms with Gasteiger partial charge in [0.2, 0.25) is 12.1 Å². The number of carbonyl (C=O) groups is 1. The number of aryl methyl sites for hydroxylation is 1. The molecular formula is C10H7FN2O2. The molecule has 0 saturated heterocycles. The monoisotopic (exact) mass is 206 g/mol. The second-order valence-electron chi connectivity index (χ2n) is 3.04. The fourth-order valence-electron chi connectivity index (χ4n) is 1.13. The maximum atomic E-state index is 13.2. The molecule has 15 heavy (non-hydrogen) atoms. The van der Waals surface area contributed by atoms with Gasteiger partial charge in [-0.05, 0) is 18.6 Å². The standard InChI is InChI=1S/C10H7FN2O2/c1-6-2-3-7(4-8(6)11)10-12-9(5-14)15-13-10/h2-5H,1H3. The van der Waals surface area contributed by atoms with Gasteiger partial charge in [-0.15, -0.1) is 0 Å². The summed E-state index contributed by atoms with van der Waals surface area (Å²) in [6, 6.07) is 4.58. The SMILES string of the molecule is Cc1ccc(-c2noc(C=O)n2)cc1F. The average Bonchev–Trinajstić information content (AvgIpc) is 2.70. The summed E-state index contributed by atoms with van der Waals surface area (Å²) >= 11 is 0. The molecule has 0 aliphatic heterocycles. The van der Waals surface area contributed by atoms with Crippen molar-refractivity contribution >= 4 is 6.29 Å². The number of aromatic nitrogens is 2. The van der Waals surface area contributed by atoms with Crippen LogP contribution in [-0.4, -0.2) is 16.4 Å². The molecule has 0 aliphatic carbocycles. The number of hydrogen-bond donors (Lipinski definition) is 0. The van der Waals surface area contributed by atoms with Crippen LogP contribution in [0.5, 0.6) is 0 Å². The number of rotatable bonds is 2. The molecule has 0 atom stereocenters. The van der Waals surface area contributed by atoms with E-state index in [0.717, 1.165) is 0 Å². The fraction of sp³-hybridized carbons (Fsp3) is 0.100. The molecule has 4 nitrogen and oxygen atoms in total. The molecule has 0 unspecified atom stereocenters. The van der Waals surface area contributed by atoms with Crippen molar-refractivity contribution in [3.05, 3.63) is 35.5 Å². The summed E-state index contributed by atoms with van der Waals surface area (Å²) in [5.41, 5.74) is 1.02. The first kappa shape index (κ1) is 9.51. The van der Waals surface area contributed by atoms with Crippen LogP contribution in [0.15, 0.2) is 22.7 Å². The van der Waals surface area contributed by atoms with Crippen LogP contribution in [0.2, 0.25) is 0 Å². The Balaban J connectivity index is 2.44. The van der Waals surface area contributed by atoms with E-state index in [9.17, 15) is 9.18 Å².